The molecule has 0 spiro atoms. The second kappa shape index (κ2) is 17.6. The molecule has 4 aliphatic rings. The molecule has 4 atom stereocenters. The van der Waals surface area contributed by atoms with Crippen molar-refractivity contribution < 1.29 is 29.0 Å². The third kappa shape index (κ3) is 8.41. The number of rotatable bonds is 10. The normalized spacial score (nSPS) is 21.1. The van der Waals surface area contributed by atoms with Crippen LogP contribution in [0.2, 0.25) is 0 Å². The van der Waals surface area contributed by atoms with Crippen molar-refractivity contribution in [3.63, 3.8) is 0 Å². The maximum absolute atomic E-state index is 14.1. The number of amides is 4. The zero-order valence-electron chi connectivity index (χ0n) is 34.8. The van der Waals surface area contributed by atoms with E-state index >= 15 is 0 Å². The molecule has 61 heavy (non-hydrogen) atoms. The maximum Gasteiger partial charge on any atom is 0.407 e. The summed E-state index contributed by atoms with van der Waals surface area (Å²) in [6, 6.07) is 19.0. The zero-order chi connectivity index (χ0) is 42.0. The summed E-state index contributed by atoms with van der Waals surface area (Å²) in [4.78, 5) is 72.8. The molecule has 9 rings (SSSR count). The van der Waals surface area contributed by atoms with Crippen molar-refractivity contribution in [2.75, 3.05) is 20.2 Å². The lowest BCUT2D eigenvalue weighted by Crippen LogP contribution is -2.52. The standard InChI is InChI=1S/C47H56N8O6/c1-61-47(60)53-41(31-12-6-3-7-13-31)45(57)55-25-9-15-39(55)43-49-35-23-21-33(27-37(35)51-43)29-18-16-28(17-19-29)32-20-22-34-36(26-32)50-42(48-34)38-14-8-24-54(38)44(56)40(52-46(58)59)30-10-4-2-5-11-30/h16-23,26-27,30-31,38-41,52H,2-15,24-25H2,1H3,(H,48,50)(H,49,51)(H,53,60)(H,58,59). The number of carboxylic acid groups (broad SMARTS) is 1. The minimum Gasteiger partial charge on any atom is -0.465 e. The smallest absolute Gasteiger partial charge is 0.407 e. The van der Waals surface area contributed by atoms with Gasteiger partial charge in [0, 0.05) is 13.1 Å². The molecule has 0 bridgehead atoms. The van der Waals surface area contributed by atoms with Gasteiger partial charge in [-0.25, -0.2) is 19.6 Å². The molecule has 14 heteroatoms. The summed E-state index contributed by atoms with van der Waals surface area (Å²) in [6.45, 7) is 1.20. The number of hydrogen-bond donors (Lipinski definition) is 5. The van der Waals surface area contributed by atoms with E-state index < -0.39 is 24.3 Å². The van der Waals surface area contributed by atoms with Crippen molar-refractivity contribution in [2.45, 2.75) is 114 Å². The molecule has 2 saturated heterocycles. The average molecular weight is 829 g/mol. The number of carbonyl (C=O) groups is 4. The van der Waals surface area contributed by atoms with Gasteiger partial charge in [-0.15, -0.1) is 0 Å². The summed E-state index contributed by atoms with van der Waals surface area (Å²) in [7, 11) is 1.33. The number of nitrogens with zero attached hydrogens (tertiary/aromatic N) is 4. The largest absolute Gasteiger partial charge is 0.465 e. The molecule has 5 aromatic rings. The van der Waals surface area contributed by atoms with E-state index in [1.54, 1.807) is 0 Å². The Morgan fingerprint density at radius 1 is 0.607 bits per heavy atom. The van der Waals surface area contributed by atoms with Gasteiger partial charge in [-0.05, 0) is 110 Å². The van der Waals surface area contributed by atoms with Crippen LogP contribution < -0.4 is 10.6 Å². The zero-order valence-corrected chi connectivity index (χ0v) is 34.8. The van der Waals surface area contributed by atoms with Crippen molar-refractivity contribution in [1.29, 1.82) is 0 Å². The number of ether oxygens (including phenoxy) is 1. The van der Waals surface area contributed by atoms with Crippen LogP contribution in [0.4, 0.5) is 9.59 Å². The Morgan fingerprint density at radius 2 is 1.03 bits per heavy atom. The SMILES string of the molecule is COC(=O)NC(C(=O)N1CCCC1c1nc2ccc(-c3ccc(-c4ccc5nc(C6CCCN6C(=O)C(NC(=O)O)C6CCCCC6)[nH]c5c4)cc3)cc2[nH]1)C1CCCCC1. The summed E-state index contributed by atoms with van der Waals surface area (Å²) >= 11 is 0. The van der Waals surface area contributed by atoms with Crippen LogP contribution in [0.3, 0.4) is 0 Å². The van der Waals surface area contributed by atoms with Gasteiger partial charge >= 0.3 is 12.2 Å². The molecule has 320 valence electrons. The highest BCUT2D eigenvalue weighted by Crippen LogP contribution is 2.38. The summed E-state index contributed by atoms with van der Waals surface area (Å²) in [5.41, 5.74) is 7.64. The second-order valence-electron chi connectivity index (χ2n) is 17.5. The van der Waals surface area contributed by atoms with E-state index in [1.807, 2.05) is 21.9 Å². The van der Waals surface area contributed by atoms with Gasteiger partial charge in [0.2, 0.25) is 11.8 Å². The molecule has 3 aromatic carbocycles. The van der Waals surface area contributed by atoms with Gasteiger partial charge in [-0.2, -0.15) is 0 Å². The monoisotopic (exact) mass is 828 g/mol. The highest BCUT2D eigenvalue weighted by molar-refractivity contribution is 5.88. The lowest BCUT2D eigenvalue weighted by molar-refractivity contribution is -0.136. The summed E-state index contributed by atoms with van der Waals surface area (Å²) in [6.07, 6.45) is 11.5. The minimum absolute atomic E-state index is 0.0138. The van der Waals surface area contributed by atoms with Crippen LogP contribution in [0.5, 0.6) is 0 Å². The molecule has 2 aliphatic heterocycles. The van der Waals surface area contributed by atoms with Crippen LogP contribution in [0, 0.1) is 11.8 Å². The van der Waals surface area contributed by atoms with Gasteiger partial charge in [0.15, 0.2) is 0 Å². The molecule has 4 heterocycles. The van der Waals surface area contributed by atoms with Crippen LogP contribution in [0.1, 0.15) is 114 Å². The first kappa shape index (κ1) is 40.5. The minimum atomic E-state index is -1.16. The average Bonchev–Trinajstić information content (AvgIpc) is 4.13. The van der Waals surface area contributed by atoms with E-state index in [9.17, 15) is 24.3 Å². The van der Waals surface area contributed by atoms with Gasteiger partial charge in [-0.3, -0.25) is 9.59 Å². The quantitative estimate of drug-likeness (QED) is 0.0926. The first-order valence-corrected chi connectivity index (χ1v) is 22.3. The van der Waals surface area contributed by atoms with Crippen LogP contribution in [0.25, 0.3) is 44.3 Å². The third-order valence-electron chi connectivity index (χ3n) is 13.8. The van der Waals surface area contributed by atoms with Gasteiger partial charge in [0.1, 0.15) is 23.7 Å². The maximum atomic E-state index is 14.1. The molecule has 2 saturated carbocycles. The molecule has 5 N–H and O–H groups in total. The lowest BCUT2D eigenvalue weighted by atomic mass is 9.83. The number of hydrogen-bond acceptors (Lipinski definition) is 7. The summed E-state index contributed by atoms with van der Waals surface area (Å²) < 4.78 is 4.91. The number of carbonyl (C=O) groups excluding carboxylic acids is 3. The fourth-order valence-electron chi connectivity index (χ4n) is 10.6. The molecule has 4 amide bonds. The van der Waals surface area contributed by atoms with Gasteiger partial charge < -0.3 is 40.2 Å². The van der Waals surface area contributed by atoms with E-state index in [1.165, 1.54) is 7.11 Å². The van der Waals surface area contributed by atoms with E-state index in [2.05, 4.69) is 69.1 Å². The van der Waals surface area contributed by atoms with Crippen molar-refractivity contribution in [2.24, 2.45) is 11.8 Å². The molecular formula is C47H56N8O6. The van der Waals surface area contributed by atoms with Crippen molar-refractivity contribution in [1.82, 2.24) is 40.4 Å². The summed E-state index contributed by atoms with van der Waals surface area (Å²) in [5.74, 6) is 1.39. The van der Waals surface area contributed by atoms with Gasteiger partial charge in [0.05, 0.1) is 41.3 Å². The number of nitrogens with one attached hydrogen (secondary N) is 4. The Labute approximate surface area is 355 Å². The predicted molar refractivity (Wildman–Crippen MR) is 231 cm³/mol. The highest BCUT2D eigenvalue weighted by Gasteiger charge is 2.41. The van der Waals surface area contributed by atoms with Crippen LogP contribution in [-0.4, -0.2) is 91.1 Å². The Hall–Kier alpha value is -5.92. The van der Waals surface area contributed by atoms with E-state index in [-0.39, 0.29) is 35.7 Å². The predicted octanol–water partition coefficient (Wildman–Crippen LogP) is 8.62. The topological polar surface area (TPSA) is 186 Å². The first-order chi connectivity index (χ1) is 29.7. The molecule has 4 unspecified atom stereocenters. The number of alkyl carbamates (subject to hydrolysis) is 1. The van der Waals surface area contributed by atoms with Crippen molar-refractivity contribution in [3.8, 4) is 22.3 Å². The van der Waals surface area contributed by atoms with Crippen LogP contribution >= 0.6 is 0 Å². The van der Waals surface area contributed by atoms with Crippen LogP contribution in [-0.2, 0) is 14.3 Å². The Bertz CT molecular complexity index is 2400. The van der Waals surface area contributed by atoms with Crippen LogP contribution in [0.15, 0.2) is 60.7 Å². The van der Waals surface area contributed by atoms with Gasteiger partial charge in [-0.1, -0.05) is 74.9 Å². The van der Waals surface area contributed by atoms with Gasteiger partial charge in [0.25, 0.3) is 0 Å². The number of benzene rings is 3. The first-order valence-electron chi connectivity index (χ1n) is 22.3. The number of fused-ring (bicyclic) bond motifs is 2. The number of imidazole rings is 2. The lowest BCUT2D eigenvalue weighted by Gasteiger charge is -2.34. The van der Waals surface area contributed by atoms with E-state index in [0.29, 0.717) is 13.1 Å². The fourth-order valence-corrected chi connectivity index (χ4v) is 10.6. The highest BCUT2D eigenvalue weighted by atomic mass is 16.5. The number of H-pyrrole nitrogens is 2. The molecule has 14 nitrogen and oxygen atoms in total. The van der Waals surface area contributed by atoms with Crippen molar-refractivity contribution >= 4 is 46.1 Å². The Kier molecular flexibility index (Phi) is 11.7. The van der Waals surface area contributed by atoms with E-state index in [4.69, 9.17) is 14.7 Å². The number of methoxy groups -OCH3 is 1. The third-order valence-corrected chi connectivity index (χ3v) is 13.8. The number of aromatic amines is 2. The Balaban J connectivity index is 0.896. The molecule has 2 aliphatic carbocycles. The van der Waals surface area contributed by atoms with Crippen molar-refractivity contribution in [3.05, 3.63) is 72.3 Å². The molecule has 2 aromatic heterocycles. The van der Waals surface area contributed by atoms with E-state index in [0.717, 1.165) is 146 Å². The fraction of sp³-hybridized carbons (Fsp3) is 0.489. The number of likely N-dealkylation sites (tertiary alicyclic amines) is 2. The molecular weight excluding hydrogens is 773 g/mol. The Morgan fingerprint density at radius 3 is 1.46 bits per heavy atom. The molecule has 0 radical (unpaired) electrons. The number of aromatic nitrogens is 4. The summed E-state index contributed by atoms with van der Waals surface area (Å²) in [5, 5.41) is 15.1. The molecule has 4 fully saturated rings. The second-order valence-corrected chi connectivity index (χ2v) is 17.5.